The Morgan fingerprint density at radius 3 is 2.65 bits per heavy atom. The molecule has 1 atom stereocenters. The molecule has 0 bridgehead atoms. The third-order valence-corrected chi connectivity index (χ3v) is 2.88. The Balaban J connectivity index is 0.00000144. The molecule has 94 valence electrons. The van der Waals surface area contributed by atoms with Crippen LogP contribution in [0.4, 0.5) is 10.5 Å². The number of carbonyl (C=O) groups is 1. The first-order valence-electron chi connectivity index (χ1n) is 4.98. The summed E-state index contributed by atoms with van der Waals surface area (Å²) in [6, 6.07) is 5.61. The number of hydrogen-bond donors (Lipinski definition) is 1. The first-order valence-corrected chi connectivity index (χ1v) is 5.36. The van der Waals surface area contributed by atoms with Crippen molar-refractivity contribution in [2.45, 2.75) is 6.04 Å². The molecule has 4 nitrogen and oxygen atoms in total. The van der Waals surface area contributed by atoms with Crippen LogP contribution in [-0.4, -0.2) is 26.8 Å². The van der Waals surface area contributed by atoms with Crippen LogP contribution < -0.4 is 10.2 Å². The van der Waals surface area contributed by atoms with Gasteiger partial charge in [0.2, 0.25) is 0 Å². The lowest BCUT2D eigenvalue weighted by molar-refractivity contribution is 0.177. The van der Waals surface area contributed by atoms with E-state index in [0.717, 1.165) is 11.3 Å². The summed E-state index contributed by atoms with van der Waals surface area (Å²) in [6.07, 6.45) is -0.391. The molecule has 1 heterocycles. The van der Waals surface area contributed by atoms with Crippen molar-refractivity contribution >= 4 is 35.8 Å². The average molecular weight is 277 g/mol. The monoisotopic (exact) mass is 276 g/mol. The summed E-state index contributed by atoms with van der Waals surface area (Å²) < 4.78 is 4.83. The molecule has 1 aromatic carbocycles. The van der Waals surface area contributed by atoms with E-state index in [1.165, 1.54) is 0 Å². The summed E-state index contributed by atoms with van der Waals surface area (Å²) in [7, 11) is 3.90. The molecule has 1 aliphatic heterocycles. The van der Waals surface area contributed by atoms with Crippen LogP contribution in [0.25, 0.3) is 0 Å². The Bertz CT molecular complexity index is 424. The lowest BCUT2D eigenvalue weighted by Crippen LogP contribution is -2.18. The predicted molar refractivity (Wildman–Crippen MR) is 70.3 cm³/mol. The third kappa shape index (κ3) is 2.96. The average Bonchev–Trinajstić information content (AvgIpc) is 2.64. The minimum absolute atomic E-state index is 0. The Morgan fingerprint density at radius 2 is 2.18 bits per heavy atom. The number of nitrogens with zero attached hydrogens (tertiary/aromatic N) is 1. The van der Waals surface area contributed by atoms with Crippen molar-refractivity contribution in [3.05, 3.63) is 28.8 Å². The number of rotatable bonds is 2. The van der Waals surface area contributed by atoms with Gasteiger partial charge in [0.15, 0.2) is 0 Å². The van der Waals surface area contributed by atoms with E-state index < -0.39 is 6.09 Å². The fraction of sp³-hybridized carbons (Fsp3) is 0.364. The van der Waals surface area contributed by atoms with Gasteiger partial charge in [-0.3, -0.25) is 0 Å². The second kappa shape index (κ2) is 5.47. The first kappa shape index (κ1) is 13.9. The molecule has 0 radical (unpaired) electrons. The van der Waals surface area contributed by atoms with Crippen LogP contribution in [0.5, 0.6) is 0 Å². The highest BCUT2D eigenvalue weighted by atomic mass is 35.5. The van der Waals surface area contributed by atoms with Gasteiger partial charge < -0.3 is 15.0 Å². The molecule has 0 aliphatic carbocycles. The predicted octanol–water partition coefficient (Wildman–Crippen LogP) is 2.61. The molecule has 1 fully saturated rings. The number of alkyl carbamates (subject to hydrolysis) is 1. The SMILES string of the molecule is CN(C)c1ccc([C@H]2COC(=O)N2)c(Cl)c1.Cl. The van der Waals surface area contributed by atoms with Gasteiger partial charge in [-0.05, 0) is 17.7 Å². The van der Waals surface area contributed by atoms with Crippen LogP contribution in [0.15, 0.2) is 18.2 Å². The van der Waals surface area contributed by atoms with E-state index in [0.29, 0.717) is 11.6 Å². The molecule has 1 aromatic rings. The first-order chi connectivity index (χ1) is 7.58. The van der Waals surface area contributed by atoms with Gasteiger partial charge in [-0.25, -0.2) is 4.79 Å². The van der Waals surface area contributed by atoms with Crippen LogP contribution in [-0.2, 0) is 4.74 Å². The van der Waals surface area contributed by atoms with Gasteiger partial charge in [-0.1, -0.05) is 17.7 Å². The molecule has 1 N–H and O–H groups in total. The molecule has 6 heteroatoms. The molecule has 1 saturated heterocycles. The minimum atomic E-state index is -0.391. The Kier molecular flexibility index (Phi) is 4.48. The molecule has 2 rings (SSSR count). The van der Waals surface area contributed by atoms with Gasteiger partial charge in [-0.15, -0.1) is 12.4 Å². The van der Waals surface area contributed by atoms with Gasteiger partial charge in [0, 0.05) is 24.8 Å². The van der Waals surface area contributed by atoms with E-state index in [4.69, 9.17) is 16.3 Å². The molecule has 0 saturated carbocycles. The van der Waals surface area contributed by atoms with Crippen molar-refractivity contribution in [2.75, 3.05) is 25.6 Å². The minimum Gasteiger partial charge on any atom is -0.447 e. The summed E-state index contributed by atoms with van der Waals surface area (Å²) in [6.45, 7) is 0.333. The molecule has 0 spiro atoms. The van der Waals surface area contributed by atoms with Gasteiger partial charge in [0.1, 0.15) is 6.61 Å². The van der Waals surface area contributed by atoms with Crippen molar-refractivity contribution in [3.63, 3.8) is 0 Å². The van der Waals surface area contributed by atoms with Gasteiger partial charge in [0.25, 0.3) is 0 Å². The summed E-state index contributed by atoms with van der Waals surface area (Å²) in [5, 5.41) is 3.34. The van der Waals surface area contributed by atoms with E-state index >= 15 is 0 Å². The van der Waals surface area contributed by atoms with E-state index in [1.807, 2.05) is 37.2 Å². The van der Waals surface area contributed by atoms with Gasteiger partial charge >= 0.3 is 6.09 Å². The highest BCUT2D eigenvalue weighted by molar-refractivity contribution is 6.31. The molecule has 1 amide bonds. The number of carbonyl (C=O) groups excluding carboxylic acids is 1. The highest BCUT2D eigenvalue weighted by Gasteiger charge is 2.25. The third-order valence-electron chi connectivity index (χ3n) is 2.55. The van der Waals surface area contributed by atoms with Crippen molar-refractivity contribution in [1.82, 2.24) is 5.32 Å². The Hall–Kier alpha value is -1.13. The van der Waals surface area contributed by atoms with E-state index in [-0.39, 0.29) is 18.4 Å². The normalized spacial score (nSPS) is 18.1. The second-order valence-corrected chi connectivity index (χ2v) is 4.30. The van der Waals surface area contributed by atoms with Crippen LogP contribution in [0.3, 0.4) is 0 Å². The maximum absolute atomic E-state index is 10.9. The molecule has 0 unspecified atom stereocenters. The van der Waals surface area contributed by atoms with Crippen LogP contribution in [0.1, 0.15) is 11.6 Å². The number of hydrogen-bond acceptors (Lipinski definition) is 3. The molecular formula is C11H14Cl2N2O2. The number of nitrogens with one attached hydrogen (secondary N) is 1. The number of ether oxygens (including phenoxy) is 1. The fourth-order valence-corrected chi connectivity index (χ4v) is 1.94. The summed E-state index contributed by atoms with van der Waals surface area (Å²) in [5.41, 5.74) is 1.91. The Labute approximate surface area is 111 Å². The molecule has 0 aromatic heterocycles. The van der Waals surface area contributed by atoms with Gasteiger partial charge in [-0.2, -0.15) is 0 Å². The number of halogens is 2. The maximum Gasteiger partial charge on any atom is 0.407 e. The quantitative estimate of drug-likeness (QED) is 0.903. The fourth-order valence-electron chi connectivity index (χ4n) is 1.63. The zero-order chi connectivity index (χ0) is 11.7. The molecular weight excluding hydrogens is 263 g/mol. The van der Waals surface area contributed by atoms with Gasteiger partial charge in [0.05, 0.1) is 6.04 Å². The van der Waals surface area contributed by atoms with Crippen LogP contribution >= 0.6 is 24.0 Å². The van der Waals surface area contributed by atoms with Crippen molar-refractivity contribution in [1.29, 1.82) is 0 Å². The second-order valence-electron chi connectivity index (χ2n) is 3.90. The van der Waals surface area contributed by atoms with Crippen molar-refractivity contribution < 1.29 is 9.53 Å². The number of cyclic esters (lactones) is 1. The smallest absolute Gasteiger partial charge is 0.407 e. The summed E-state index contributed by atoms with van der Waals surface area (Å²) >= 11 is 6.17. The van der Waals surface area contributed by atoms with Crippen LogP contribution in [0.2, 0.25) is 5.02 Å². The largest absolute Gasteiger partial charge is 0.447 e. The van der Waals surface area contributed by atoms with E-state index in [2.05, 4.69) is 5.32 Å². The zero-order valence-corrected chi connectivity index (χ0v) is 11.1. The van der Waals surface area contributed by atoms with Crippen molar-refractivity contribution in [3.8, 4) is 0 Å². The van der Waals surface area contributed by atoms with E-state index in [1.54, 1.807) is 0 Å². The van der Waals surface area contributed by atoms with Crippen molar-refractivity contribution in [2.24, 2.45) is 0 Å². The van der Waals surface area contributed by atoms with Crippen LogP contribution in [0, 0.1) is 0 Å². The maximum atomic E-state index is 10.9. The lowest BCUT2D eigenvalue weighted by Gasteiger charge is -2.16. The summed E-state index contributed by atoms with van der Waals surface area (Å²) in [5.74, 6) is 0. The molecule has 17 heavy (non-hydrogen) atoms. The Morgan fingerprint density at radius 1 is 1.47 bits per heavy atom. The standard InChI is InChI=1S/C11H13ClN2O2.ClH/c1-14(2)7-3-4-8(9(12)5-7)10-6-16-11(15)13-10;/h3-5,10H,6H2,1-2H3,(H,13,15);1H/t10-;/m1./s1. The summed E-state index contributed by atoms with van der Waals surface area (Å²) in [4.78, 5) is 12.9. The zero-order valence-electron chi connectivity index (χ0n) is 9.57. The highest BCUT2D eigenvalue weighted by Crippen LogP contribution is 2.29. The lowest BCUT2D eigenvalue weighted by atomic mass is 10.1. The topological polar surface area (TPSA) is 41.6 Å². The number of amides is 1. The van der Waals surface area contributed by atoms with E-state index in [9.17, 15) is 4.79 Å². The number of benzene rings is 1. The number of anilines is 1. The molecule has 1 aliphatic rings.